The summed E-state index contributed by atoms with van der Waals surface area (Å²) in [6, 6.07) is 53.1. The number of hydrogen-bond donors (Lipinski definition) is 0. The number of rotatable bonds is 2. The minimum Gasteiger partial charge on any atom is -0.0610 e. The van der Waals surface area contributed by atoms with Crippen molar-refractivity contribution in [1.29, 1.82) is 0 Å². The van der Waals surface area contributed by atoms with Crippen molar-refractivity contribution in [3.63, 3.8) is 0 Å². The minimum absolute atomic E-state index is 0.0365. The van der Waals surface area contributed by atoms with Gasteiger partial charge in [0, 0.05) is 0 Å². The second kappa shape index (κ2) is 12.7. The quantitative estimate of drug-likeness (QED) is 0.152. The van der Waals surface area contributed by atoms with Crippen LogP contribution in [0.4, 0.5) is 0 Å². The molecule has 0 unspecified atom stereocenters. The lowest BCUT2D eigenvalue weighted by molar-refractivity contribution is 0.568. The van der Waals surface area contributed by atoms with Crippen molar-refractivity contribution in [3.8, 4) is 22.3 Å². The standard InChI is InChI=1S/C64H58/c1-61(2,3)41-26-39(27-42(31-41)62(4,5)6)55-51-33-48-45-25-24-37-23-22-36-16-13-19-38-30-50(58(45)57(37)53(36)38)49(48)34-52(51)56(40-28-43(63(7,8)9)32-44(29-40)64(10,11)12)60-47-21-15-18-35-17-14-20-46(54(35)47)59(55)60/h13-34H,1-12H3. The zero-order valence-electron chi connectivity index (χ0n) is 39.7. The van der Waals surface area contributed by atoms with E-state index in [9.17, 15) is 0 Å². The van der Waals surface area contributed by atoms with Crippen LogP contribution >= 0.6 is 0 Å². The van der Waals surface area contributed by atoms with Gasteiger partial charge in [-0.05, 0) is 181 Å². The normalized spacial score (nSPS) is 13.6. The molecule has 12 rings (SSSR count). The van der Waals surface area contributed by atoms with E-state index < -0.39 is 0 Å². The Hall–Kier alpha value is -6.24. The molecule has 12 aromatic rings. The van der Waals surface area contributed by atoms with Gasteiger partial charge in [-0.2, -0.15) is 0 Å². The van der Waals surface area contributed by atoms with E-state index in [4.69, 9.17) is 0 Å². The Morgan fingerprint density at radius 1 is 0.234 bits per heavy atom. The van der Waals surface area contributed by atoms with E-state index in [-0.39, 0.29) is 21.7 Å². The maximum atomic E-state index is 2.62. The summed E-state index contributed by atoms with van der Waals surface area (Å²) in [5.74, 6) is 0. The molecule has 0 bridgehead atoms. The van der Waals surface area contributed by atoms with Crippen LogP contribution in [0.3, 0.4) is 0 Å². The Balaban J connectivity index is 1.39. The van der Waals surface area contributed by atoms with E-state index in [1.807, 2.05) is 0 Å². The van der Waals surface area contributed by atoms with Crippen LogP contribution < -0.4 is 0 Å². The van der Waals surface area contributed by atoms with E-state index in [2.05, 4.69) is 217 Å². The zero-order valence-corrected chi connectivity index (χ0v) is 39.7. The fourth-order valence-corrected chi connectivity index (χ4v) is 11.4. The molecule has 12 aromatic carbocycles. The van der Waals surface area contributed by atoms with Gasteiger partial charge in [0.15, 0.2) is 0 Å². The second-order valence-electron chi connectivity index (χ2n) is 23.4. The number of fused-ring (bicyclic) bond motifs is 7. The van der Waals surface area contributed by atoms with Gasteiger partial charge in [-0.3, -0.25) is 0 Å². The molecule has 0 heteroatoms. The lowest BCUT2D eigenvalue weighted by atomic mass is 9.76. The molecule has 0 nitrogen and oxygen atoms in total. The first kappa shape index (κ1) is 39.4. The molecule has 0 aromatic heterocycles. The highest BCUT2D eigenvalue weighted by molar-refractivity contribution is 6.44. The SMILES string of the molecule is CC(C)(C)c1cc(-c2c3cc4c(cc3c(-c3cc(C(C)(C)C)cc(C(C)(C)C)c3)c3c5cccc6cccc(c23)c65)c2cc3cccc5ccc6ccc4c2c6c53)cc(C(C)(C)C)c1. The summed E-state index contributed by atoms with van der Waals surface area (Å²) >= 11 is 0. The summed E-state index contributed by atoms with van der Waals surface area (Å²) in [5, 5.41) is 24.2. The van der Waals surface area contributed by atoms with Crippen LogP contribution in [0.25, 0.3) is 119 Å². The zero-order chi connectivity index (χ0) is 44.6. The Labute approximate surface area is 377 Å². The molecule has 0 aliphatic rings. The Bertz CT molecular complexity index is 3830. The van der Waals surface area contributed by atoms with Crippen LogP contribution in [0.1, 0.15) is 105 Å². The fourth-order valence-electron chi connectivity index (χ4n) is 11.4. The lowest BCUT2D eigenvalue weighted by Gasteiger charge is -2.28. The van der Waals surface area contributed by atoms with Gasteiger partial charge in [-0.15, -0.1) is 0 Å². The van der Waals surface area contributed by atoms with Crippen LogP contribution in [-0.4, -0.2) is 0 Å². The van der Waals surface area contributed by atoms with Crippen LogP contribution in [-0.2, 0) is 21.7 Å². The third-order valence-electron chi connectivity index (χ3n) is 15.0. The summed E-state index contributed by atoms with van der Waals surface area (Å²) < 4.78 is 0. The van der Waals surface area contributed by atoms with Gasteiger partial charge in [-0.1, -0.05) is 198 Å². The maximum Gasteiger partial charge on any atom is -0.000741 e. The molecule has 0 fully saturated rings. The van der Waals surface area contributed by atoms with E-state index in [1.165, 1.54) is 141 Å². The van der Waals surface area contributed by atoms with Gasteiger partial charge in [0.05, 0.1) is 0 Å². The van der Waals surface area contributed by atoms with Gasteiger partial charge in [0.2, 0.25) is 0 Å². The van der Waals surface area contributed by atoms with E-state index >= 15 is 0 Å². The number of benzene rings is 10. The molecule has 0 radical (unpaired) electrons. The van der Waals surface area contributed by atoms with Crippen molar-refractivity contribution >= 4 is 97.0 Å². The van der Waals surface area contributed by atoms with E-state index in [0.29, 0.717) is 0 Å². The van der Waals surface area contributed by atoms with Gasteiger partial charge in [0.25, 0.3) is 0 Å². The smallest absolute Gasteiger partial charge is 0.000741 e. The van der Waals surface area contributed by atoms with Gasteiger partial charge in [0.1, 0.15) is 0 Å². The molecule has 64 heavy (non-hydrogen) atoms. The molecule has 0 saturated carbocycles. The largest absolute Gasteiger partial charge is 0.0610 e. The molecular weight excluding hydrogens is 769 g/mol. The molecule has 0 N–H and O–H groups in total. The summed E-state index contributed by atoms with van der Waals surface area (Å²) in [5.41, 5.74) is 10.6. The molecule has 0 saturated heterocycles. The van der Waals surface area contributed by atoms with Crippen molar-refractivity contribution in [2.45, 2.75) is 105 Å². The first-order valence-electron chi connectivity index (χ1n) is 23.5. The average molecular weight is 827 g/mol. The Morgan fingerprint density at radius 2 is 0.625 bits per heavy atom. The first-order chi connectivity index (χ1) is 30.3. The summed E-state index contributed by atoms with van der Waals surface area (Å²) in [7, 11) is 0. The average Bonchev–Trinajstić information content (AvgIpc) is 3.73. The van der Waals surface area contributed by atoms with E-state index in [0.717, 1.165) is 0 Å². The lowest BCUT2D eigenvalue weighted by Crippen LogP contribution is -2.16. The molecule has 0 aliphatic carbocycles. The van der Waals surface area contributed by atoms with Gasteiger partial charge < -0.3 is 0 Å². The molecular formula is C64H58. The third kappa shape index (κ3) is 5.54. The molecule has 0 spiro atoms. The highest BCUT2D eigenvalue weighted by Gasteiger charge is 2.30. The molecule has 0 heterocycles. The van der Waals surface area contributed by atoms with Crippen molar-refractivity contribution in [2.24, 2.45) is 0 Å². The van der Waals surface area contributed by atoms with Crippen LogP contribution in [0.2, 0.25) is 0 Å². The van der Waals surface area contributed by atoms with Gasteiger partial charge in [-0.25, -0.2) is 0 Å². The molecule has 314 valence electrons. The highest BCUT2D eigenvalue weighted by atomic mass is 14.3. The maximum absolute atomic E-state index is 2.62. The predicted molar refractivity (Wildman–Crippen MR) is 283 cm³/mol. The topological polar surface area (TPSA) is 0 Å². The molecule has 0 aliphatic heterocycles. The third-order valence-corrected chi connectivity index (χ3v) is 15.0. The van der Waals surface area contributed by atoms with Gasteiger partial charge >= 0.3 is 0 Å². The van der Waals surface area contributed by atoms with Crippen molar-refractivity contribution in [3.05, 3.63) is 156 Å². The monoisotopic (exact) mass is 826 g/mol. The van der Waals surface area contributed by atoms with E-state index in [1.54, 1.807) is 0 Å². The molecule has 0 atom stereocenters. The summed E-state index contributed by atoms with van der Waals surface area (Å²) in [6.07, 6.45) is 0. The first-order valence-corrected chi connectivity index (χ1v) is 23.5. The summed E-state index contributed by atoms with van der Waals surface area (Å²) in [6.45, 7) is 28.4. The van der Waals surface area contributed by atoms with Crippen LogP contribution in [0.5, 0.6) is 0 Å². The summed E-state index contributed by atoms with van der Waals surface area (Å²) in [4.78, 5) is 0. The highest BCUT2D eigenvalue weighted by Crippen LogP contribution is 2.55. The fraction of sp³-hybridized carbons (Fsp3) is 0.250. The van der Waals surface area contributed by atoms with Crippen molar-refractivity contribution in [2.75, 3.05) is 0 Å². The van der Waals surface area contributed by atoms with Crippen LogP contribution in [0.15, 0.2) is 133 Å². The Kier molecular flexibility index (Phi) is 7.83. The van der Waals surface area contributed by atoms with Crippen LogP contribution in [0, 0.1) is 0 Å². The van der Waals surface area contributed by atoms with Crippen molar-refractivity contribution in [1.82, 2.24) is 0 Å². The molecule has 0 amide bonds. The van der Waals surface area contributed by atoms with Crippen molar-refractivity contribution < 1.29 is 0 Å². The number of hydrogen-bond acceptors (Lipinski definition) is 0. The second-order valence-corrected chi connectivity index (χ2v) is 23.4. The Morgan fingerprint density at radius 3 is 1.09 bits per heavy atom. The minimum atomic E-state index is -0.0375. The predicted octanol–water partition coefficient (Wildman–Crippen LogP) is 18.9.